The molecule has 12 N–H and O–H groups in total. The topological polar surface area (TPSA) is 304 Å². The first-order valence-electron chi connectivity index (χ1n) is 38.3. The van der Waals surface area contributed by atoms with Gasteiger partial charge in [-0.25, -0.2) is 14.4 Å². The third-order valence-corrected chi connectivity index (χ3v) is 52.0. The molecular formula is C90H128N6O13Si8. The fourth-order valence-electron chi connectivity index (χ4n) is 13.5. The third-order valence-electron chi connectivity index (χ3n) is 18.9. The summed E-state index contributed by atoms with van der Waals surface area (Å²) in [5.74, 6) is -2.62. The molecule has 10 aromatic rings. The molecule has 0 heterocycles. The van der Waals surface area contributed by atoms with Crippen LogP contribution in [-0.2, 0) is 34.2 Å². The first-order valence-corrected chi connectivity index (χ1v) is 58.0. The van der Waals surface area contributed by atoms with Crippen molar-refractivity contribution in [2.24, 2.45) is 17.2 Å². The summed E-state index contributed by atoms with van der Waals surface area (Å²) in [5.41, 5.74) is 30.7. The molecule has 27 heteroatoms. The zero-order valence-corrected chi connectivity index (χ0v) is 74.8. The van der Waals surface area contributed by atoms with Crippen molar-refractivity contribution in [2.75, 3.05) is 51.9 Å². The Hall–Kier alpha value is -8.94. The number of anilines is 2. The maximum Gasteiger partial charge on any atom is 0.388 e. The van der Waals surface area contributed by atoms with Gasteiger partial charge in [0.2, 0.25) is 0 Å². The van der Waals surface area contributed by atoms with Crippen molar-refractivity contribution in [3.8, 4) is 0 Å². The molecule has 0 aromatic heterocycles. The maximum atomic E-state index is 13.1. The molecule has 1 amide bonds. The molecule has 0 fully saturated rings. The van der Waals surface area contributed by atoms with Gasteiger partial charge in [-0.15, -0.1) is 0 Å². The van der Waals surface area contributed by atoms with E-state index >= 15 is 0 Å². The van der Waals surface area contributed by atoms with E-state index in [1.54, 1.807) is 0 Å². The van der Waals surface area contributed by atoms with Crippen LogP contribution in [0.2, 0.25) is 76.6 Å². The largest absolute Gasteiger partial charge is 0.478 e. The van der Waals surface area contributed by atoms with Crippen LogP contribution in [0.3, 0.4) is 0 Å². The number of carbonyl (C=O) groups excluding carboxylic acids is 3. The number of aromatic carboxylic acids is 1. The Morgan fingerprint density at radius 2 is 0.513 bits per heavy atom. The van der Waals surface area contributed by atoms with E-state index in [1.807, 2.05) is 48.5 Å². The van der Waals surface area contributed by atoms with E-state index in [-0.39, 0.29) is 63.6 Å². The summed E-state index contributed by atoms with van der Waals surface area (Å²) in [5, 5.41) is 20.8. The van der Waals surface area contributed by atoms with Crippen LogP contribution in [0.1, 0.15) is 96.8 Å². The van der Waals surface area contributed by atoms with Gasteiger partial charge in [-0.1, -0.05) is 272 Å². The zero-order chi connectivity index (χ0) is 81.8. The minimum absolute atomic E-state index is 0. The lowest BCUT2D eigenvalue weighted by atomic mass is 10.1. The number of ether oxygens (including phenoxy) is 2. The van der Waals surface area contributed by atoms with E-state index in [0.717, 1.165) is 78.9 Å². The van der Waals surface area contributed by atoms with Crippen LogP contribution in [-0.4, -0.2) is 137 Å². The van der Waals surface area contributed by atoms with Gasteiger partial charge in [0.15, 0.2) is 33.3 Å². The summed E-state index contributed by atoms with van der Waals surface area (Å²) >= 11 is 0. The van der Waals surface area contributed by atoms with E-state index in [1.165, 1.54) is 50.6 Å². The second-order valence-electron chi connectivity index (χ2n) is 30.1. The molecule has 10 rings (SSSR count). The van der Waals surface area contributed by atoms with Crippen molar-refractivity contribution in [1.82, 2.24) is 5.32 Å². The number of esters is 2. The van der Waals surface area contributed by atoms with Crippen molar-refractivity contribution in [3.63, 3.8) is 0 Å². The van der Waals surface area contributed by atoms with Crippen molar-refractivity contribution in [1.29, 1.82) is 0 Å². The molecule has 19 nitrogen and oxygen atoms in total. The van der Waals surface area contributed by atoms with Gasteiger partial charge in [0.1, 0.15) is 0 Å². The van der Waals surface area contributed by atoms with E-state index in [4.69, 9.17) is 53.4 Å². The van der Waals surface area contributed by atoms with Crippen LogP contribution in [0.5, 0.6) is 0 Å². The van der Waals surface area contributed by atoms with Crippen LogP contribution in [0, 0.1) is 0 Å². The smallest absolute Gasteiger partial charge is 0.388 e. The molecular weight excluding hydrogens is 1600 g/mol. The standard InChI is InChI=1S/C42H53N3O6Si4.C34H48N2O3Si4.C10H11NO4.4CH4/c1-52(2,29-17-27-43)49-54(37-19-9-5-10-20-37,38-21-11-6-12-22-38)51-55(39-23-13-7-14-24-39,40-25-15-8-16-26-40)50-53(3,4)30-18-28-45-41(46)34-31-35(42(47)48)33-36(44)32-34;1-40(2,29-17-27-35)37-42(31-19-9-5-10-20-31,32-21-11-6-12-22-32)39-43(33-23-13-7-14-24-33,34-25-15-8-16-26-34)38-41(3,4)30-18-28-36;1-14-9(12)6-3-7(10(13)15-2)5-8(11)4-6;;;;/h5-16,19-26,31-33H,17-18,27-30,43-44H2,1-4H3,(H,45,46)(H,47,48);5-16,19-26H,17-18,27-30,35-36H2,1-4H3;3-5H,11H2,1-2H3;4*1H4. The lowest BCUT2D eigenvalue weighted by molar-refractivity contribution is 0.0596. The number of nitrogens with two attached hydrogens (primary N) is 5. The Labute approximate surface area is 705 Å². The van der Waals surface area contributed by atoms with Gasteiger partial charge in [-0.2, -0.15) is 0 Å². The molecule has 0 bridgehead atoms. The van der Waals surface area contributed by atoms with Gasteiger partial charge in [-0.3, -0.25) is 4.79 Å². The van der Waals surface area contributed by atoms with E-state index < -0.39 is 85.4 Å². The van der Waals surface area contributed by atoms with Crippen LogP contribution in [0.4, 0.5) is 11.4 Å². The zero-order valence-electron chi connectivity index (χ0n) is 66.8. The highest BCUT2D eigenvalue weighted by atomic mass is 28.5. The highest BCUT2D eigenvalue weighted by molar-refractivity contribution is 7.10. The first kappa shape index (κ1) is 100. The van der Waals surface area contributed by atoms with E-state index in [2.05, 4.69) is 261 Å². The molecule has 0 unspecified atom stereocenters. The molecule has 0 radical (unpaired) electrons. The molecule has 117 heavy (non-hydrogen) atoms. The fraction of sp³-hybridized carbons (Fsp3) is 0.289. The highest BCUT2D eigenvalue weighted by Gasteiger charge is 2.60. The molecule has 0 aliphatic heterocycles. The summed E-state index contributed by atoms with van der Waals surface area (Å²) in [6, 6.07) is 95.7. The molecule has 0 spiro atoms. The van der Waals surface area contributed by atoms with Crippen molar-refractivity contribution >= 4 is 144 Å². The molecule has 628 valence electrons. The minimum Gasteiger partial charge on any atom is -0.478 e. The van der Waals surface area contributed by atoms with Crippen molar-refractivity contribution in [3.05, 3.63) is 301 Å². The van der Waals surface area contributed by atoms with Crippen LogP contribution in [0.15, 0.2) is 279 Å². The first-order chi connectivity index (χ1) is 54.0. The number of carboxylic acids is 1. The lowest BCUT2D eigenvalue weighted by Crippen LogP contribution is -2.78. The molecule has 0 aliphatic carbocycles. The number of benzene rings is 10. The molecule has 0 aliphatic rings. The van der Waals surface area contributed by atoms with Gasteiger partial charge >= 0.3 is 52.2 Å². The summed E-state index contributed by atoms with van der Waals surface area (Å²) < 4.78 is 55.9. The van der Waals surface area contributed by atoms with Gasteiger partial charge in [0, 0.05) is 23.5 Å². The summed E-state index contributed by atoms with van der Waals surface area (Å²) in [4.78, 5) is 47.1. The Kier molecular flexibility index (Phi) is 40.3. The maximum absolute atomic E-state index is 13.1. The third kappa shape index (κ3) is 27.8. The quantitative estimate of drug-likeness (QED) is 0.00823. The number of nitrogen functional groups attached to an aromatic ring is 2. The molecule has 0 atom stereocenters. The predicted octanol–water partition coefficient (Wildman–Crippen LogP) is 13.5. The van der Waals surface area contributed by atoms with Gasteiger partial charge in [0.05, 0.1) is 30.9 Å². The number of carbonyl (C=O) groups is 4. The van der Waals surface area contributed by atoms with Crippen molar-refractivity contribution in [2.45, 2.75) is 132 Å². The fourth-order valence-corrected chi connectivity index (χ4v) is 51.2. The van der Waals surface area contributed by atoms with E-state index in [0.29, 0.717) is 44.3 Å². The van der Waals surface area contributed by atoms with Crippen LogP contribution < -0.4 is 75.5 Å². The van der Waals surface area contributed by atoms with Crippen molar-refractivity contribution < 1.29 is 58.4 Å². The number of nitrogens with one attached hydrogen (secondary N) is 1. The van der Waals surface area contributed by atoms with Crippen LogP contribution >= 0.6 is 0 Å². The molecule has 0 saturated heterocycles. The number of carboxylic acid groups (broad SMARTS) is 1. The highest BCUT2D eigenvalue weighted by Crippen LogP contribution is 2.32. The summed E-state index contributed by atoms with van der Waals surface area (Å²) in [6.45, 7) is 20.4. The Morgan fingerprint density at radius 1 is 0.308 bits per heavy atom. The Balaban J connectivity index is 0.000000413. The monoisotopic (exact) mass is 1720 g/mol. The number of methoxy groups -OCH3 is 2. The van der Waals surface area contributed by atoms with Gasteiger partial charge < -0.3 is 73.3 Å². The van der Waals surface area contributed by atoms with E-state index in [9.17, 15) is 24.3 Å². The molecule has 10 aromatic carbocycles. The molecule has 0 saturated carbocycles. The predicted molar refractivity (Wildman–Crippen MR) is 504 cm³/mol. The van der Waals surface area contributed by atoms with Gasteiger partial charge in [0.25, 0.3) is 5.91 Å². The number of rotatable bonds is 37. The number of amides is 1. The van der Waals surface area contributed by atoms with Gasteiger partial charge in [-0.05, 0) is 200 Å². The number of hydrogen-bond donors (Lipinski definition) is 7. The Bertz CT molecular complexity index is 4320. The van der Waals surface area contributed by atoms with Crippen LogP contribution in [0.25, 0.3) is 0 Å². The SMILES string of the molecule is C.C.C.C.COC(=O)c1cc(N)cc(C(=O)OC)c1.C[Si](C)(CCCN)O[Si](O[Si](O[Si](C)(C)CCCN)(c1ccccc1)c1ccccc1)(c1ccccc1)c1ccccc1.C[Si](C)(CCCN)O[Si](O[Si](O[Si](C)(C)CCCNC(=O)c1cc(N)cc(C(=O)O)c1)(c1ccccc1)c1ccccc1)(c1ccccc1)c1ccccc1. The second-order valence-corrected chi connectivity index (χ2v) is 60.6. The number of hydrogen-bond acceptors (Lipinski definition) is 17. The average molecular weight is 1730 g/mol. The summed E-state index contributed by atoms with van der Waals surface area (Å²) in [7, 11) is -21.1. The normalized spacial score (nSPS) is 11.7. The lowest BCUT2D eigenvalue weighted by Gasteiger charge is -2.47. The minimum atomic E-state index is -3.63. The summed E-state index contributed by atoms with van der Waals surface area (Å²) in [6.07, 6.45) is 3.34. The second kappa shape index (κ2) is 47.0. The average Bonchev–Trinajstić information content (AvgIpc) is 0.734. The Morgan fingerprint density at radius 3 is 0.726 bits per heavy atom.